The van der Waals surface area contributed by atoms with Crippen molar-refractivity contribution in [3.63, 3.8) is 0 Å². The van der Waals surface area contributed by atoms with Gasteiger partial charge in [0.1, 0.15) is 0 Å². The summed E-state index contributed by atoms with van der Waals surface area (Å²) in [5.41, 5.74) is 0. The van der Waals surface area contributed by atoms with Crippen molar-refractivity contribution in [2.75, 3.05) is 13.1 Å². The highest BCUT2D eigenvalue weighted by Crippen LogP contribution is 2.29. The highest BCUT2D eigenvalue weighted by atomic mass is 19.4. The minimum absolute atomic E-state index is 0.0154. The molecule has 1 saturated heterocycles. The molecule has 0 aromatic rings. The highest BCUT2D eigenvalue weighted by Gasteiger charge is 2.45. The average molecular weight is 267 g/mol. The first-order valence-electron chi connectivity index (χ1n) is 6.84. The van der Waals surface area contributed by atoms with Crippen LogP contribution in [0.3, 0.4) is 0 Å². The maximum absolute atomic E-state index is 12.8. The van der Waals surface area contributed by atoms with Crippen molar-refractivity contribution in [3.05, 3.63) is 0 Å². The molecule has 5 heteroatoms. The molecule has 18 heavy (non-hydrogen) atoms. The number of hydrogen-bond acceptors (Lipinski definition) is 2. The Hall–Kier alpha value is -0.290. The maximum atomic E-state index is 12.8. The molecule has 0 N–H and O–H groups in total. The van der Waals surface area contributed by atoms with Crippen LogP contribution in [0.5, 0.6) is 0 Å². The standard InChI is InChI=1S/C13H24F3NO/c1-4-6-11(7-5-2)17-8-10(3)18-12(9-17)13(14,15)16/h10-12H,4-9H2,1-3H3. The van der Waals surface area contributed by atoms with Crippen molar-refractivity contribution in [1.82, 2.24) is 4.90 Å². The summed E-state index contributed by atoms with van der Waals surface area (Å²) >= 11 is 0. The fourth-order valence-electron chi connectivity index (χ4n) is 2.64. The Morgan fingerprint density at radius 2 is 1.72 bits per heavy atom. The minimum atomic E-state index is -4.25. The Morgan fingerprint density at radius 3 is 2.17 bits per heavy atom. The van der Waals surface area contributed by atoms with Crippen LogP contribution in [0.4, 0.5) is 13.2 Å². The number of rotatable bonds is 5. The summed E-state index contributed by atoms with van der Waals surface area (Å²) in [6.45, 7) is 6.47. The van der Waals surface area contributed by atoms with Crippen LogP contribution in [0, 0.1) is 0 Å². The van der Waals surface area contributed by atoms with Gasteiger partial charge in [0.15, 0.2) is 6.10 Å². The molecule has 0 aromatic heterocycles. The highest BCUT2D eigenvalue weighted by molar-refractivity contribution is 4.84. The van der Waals surface area contributed by atoms with Crippen molar-refractivity contribution < 1.29 is 17.9 Å². The largest absolute Gasteiger partial charge is 0.415 e. The first-order valence-corrected chi connectivity index (χ1v) is 6.84. The number of alkyl halides is 3. The Morgan fingerprint density at radius 1 is 1.17 bits per heavy atom. The second-order valence-electron chi connectivity index (χ2n) is 5.16. The fourth-order valence-corrected chi connectivity index (χ4v) is 2.64. The van der Waals surface area contributed by atoms with E-state index in [1.165, 1.54) is 0 Å². The topological polar surface area (TPSA) is 12.5 Å². The van der Waals surface area contributed by atoms with Gasteiger partial charge in [0.25, 0.3) is 0 Å². The Labute approximate surface area is 107 Å². The summed E-state index contributed by atoms with van der Waals surface area (Å²) < 4.78 is 43.3. The van der Waals surface area contributed by atoms with Crippen molar-refractivity contribution in [1.29, 1.82) is 0 Å². The van der Waals surface area contributed by atoms with Crippen LogP contribution in [0.15, 0.2) is 0 Å². The monoisotopic (exact) mass is 267 g/mol. The van der Waals surface area contributed by atoms with Gasteiger partial charge in [-0.15, -0.1) is 0 Å². The van der Waals surface area contributed by atoms with Crippen LogP contribution >= 0.6 is 0 Å². The molecule has 1 fully saturated rings. The lowest BCUT2D eigenvalue weighted by Gasteiger charge is -2.41. The molecule has 2 atom stereocenters. The first kappa shape index (κ1) is 15.8. The minimum Gasteiger partial charge on any atom is -0.363 e. The van der Waals surface area contributed by atoms with Gasteiger partial charge >= 0.3 is 6.18 Å². The van der Waals surface area contributed by atoms with Crippen LogP contribution in [-0.2, 0) is 4.74 Å². The molecular formula is C13H24F3NO. The average Bonchev–Trinajstić information content (AvgIpc) is 2.27. The van der Waals surface area contributed by atoms with Gasteiger partial charge in [-0.1, -0.05) is 26.7 Å². The zero-order valence-corrected chi connectivity index (χ0v) is 11.5. The zero-order chi connectivity index (χ0) is 13.8. The van der Waals surface area contributed by atoms with Gasteiger partial charge < -0.3 is 4.74 Å². The Kier molecular flexibility index (Phi) is 5.92. The van der Waals surface area contributed by atoms with Crippen LogP contribution < -0.4 is 0 Å². The summed E-state index contributed by atoms with van der Waals surface area (Å²) in [4.78, 5) is 1.97. The quantitative estimate of drug-likeness (QED) is 0.754. The summed E-state index contributed by atoms with van der Waals surface area (Å²) in [7, 11) is 0. The Balaban J connectivity index is 2.68. The molecule has 0 aliphatic carbocycles. The second-order valence-corrected chi connectivity index (χ2v) is 5.16. The molecule has 0 saturated carbocycles. The molecule has 1 heterocycles. The van der Waals surface area contributed by atoms with Crippen molar-refractivity contribution in [3.8, 4) is 0 Å². The number of morpholine rings is 1. The third kappa shape index (κ3) is 4.43. The van der Waals surface area contributed by atoms with E-state index < -0.39 is 12.3 Å². The van der Waals surface area contributed by atoms with Crippen LogP contribution in [0.2, 0.25) is 0 Å². The predicted octanol–water partition coefficient (Wildman–Crippen LogP) is 3.61. The van der Waals surface area contributed by atoms with E-state index in [2.05, 4.69) is 13.8 Å². The predicted molar refractivity (Wildman–Crippen MR) is 65.6 cm³/mol. The van der Waals surface area contributed by atoms with E-state index in [0.717, 1.165) is 25.7 Å². The molecule has 0 aromatic carbocycles. The van der Waals surface area contributed by atoms with E-state index in [0.29, 0.717) is 6.54 Å². The van der Waals surface area contributed by atoms with Gasteiger partial charge in [-0.2, -0.15) is 13.2 Å². The molecule has 0 amide bonds. The van der Waals surface area contributed by atoms with Crippen molar-refractivity contribution in [2.24, 2.45) is 0 Å². The smallest absolute Gasteiger partial charge is 0.363 e. The van der Waals surface area contributed by atoms with E-state index in [1.807, 2.05) is 4.90 Å². The van der Waals surface area contributed by atoms with Gasteiger partial charge in [-0.25, -0.2) is 0 Å². The molecule has 2 unspecified atom stereocenters. The molecule has 0 radical (unpaired) electrons. The van der Waals surface area contributed by atoms with Crippen LogP contribution in [0.1, 0.15) is 46.5 Å². The molecule has 0 spiro atoms. The van der Waals surface area contributed by atoms with E-state index >= 15 is 0 Å². The van der Waals surface area contributed by atoms with E-state index in [9.17, 15) is 13.2 Å². The van der Waals surface area contributed by atoms with Crippen LogP contribution in [0.25, 0.3) is 0 Å². The Bertz CT molecular complexity index is 239. The summed E-state index contributed by atoms with van der Waals surface area (Å²) in [6.07, 6.45) is -2.29. The molecular weight excluding hydrogens is 243 g/mol. The summed E-state index contributed by atoms with van der Waals surface area (Å²) in [5, 5.41) is 0. The van der Waals surface area contributed by atoms with Crippen molar-refractivity contribution in [2.45, 2.75) is 70.9 Å². The SMILES string of the molecule is CCCC(CCC)N1CC(C)OC(C(F)(F)F)C1. The zero-order valence-electron chi connectivity index (χ0n) is 11.5. The lowest BCUT2D eigenvalue weighted by Crippen LogP contribution is -2.55. The molecule has 1 aliphatic rings. The molecule has 108 valence electrons. The lowest BCUT2D eigenvalue weighted by molar-refractivity contribution is -0.254. The van der Waals surface area contributed by atoms with E-state index in [-0.39, 0.29) is 18.7 Å². The van der Waals surface area contributed by atoms with Gasteiger partial charge in [-0.05, 0) is 19.8 Å². The normalized spacial score (nSPS) is 26.8. The van der Waals surface area contributed by atoms with Crippen LogP contribution in [-0.4, -0.2) is 42.4 Å². The second kappa shape index (κ2) is 6.75. The lowest BCUT2D eigenvalue weighted by atomic mass is 10.0. The fraction of sp³-hybridized carbons (Fsp3) is 1.00. The molecule has 1 rings (SSSR count). The molecule has 0 bridgehead atoms. The third-order valence-electron chi connectivity index (χ3n) is 3.41. The number of halogens is 3. The molecule has 2 nitrogen and oxygen atoms in total. The van der Waals surface area contributed by atoms with E-state index in [1.54, 1.807) is 6.92 Å². The van der Waals surface area contributed by atoms with Gasteiger partial charge in [0.05, 0.1) is 6.10 Å². The molecule has 1 aliphatic heterocycles. The van der Waals surface area contributed by atoms with Gasteiger partial charge in [-0.3, -0.25) is 4.90 Å². The maximum Gasteiger partial charge on any atom is 0.415 e. The van der Waals surface area contributed by atoms with Gasteiger partial charge in [0.2, 0.25) is 0 Å². The first-order chi connectivity index (χ1) is 8.38. The van der Waals surface area contributed by atoms with Crippen molar-refractivity contribution >= 4 is 0 Å². The number of ether oxygens (including phenoxy) is 1. The van der Waals surface area contributed by atoms with E-state index in [4.69, 9.17) is 4.74 Å². The summed E-state index contributed by atoms with van der Waals surface area (Å²) in [6, 6.07) is 0.260. The third-order valence-corrected chi connectivity index (χ3v) is 3.41. The van der Waals surface area contributed by atoms with Gasteiger partial charge in [0, 0.05) is 19.1 Å². The number of nitrogens with zero attached hydrogens (tertiary/aromatic N) is 1. The number of hydrogen-bond donors (Lipinski definition) is 0. The summed E-state index contributed by atoms with van der Waals surface area (Å²) in [5.74, 6) is 0.